The van der Waals surface area contributed by atoms with Gasteiger partial charge in [-0.15, -0.1) is 0 Å². The standard InChI is InChI=1S/C14H26N4O2S/c1-2-13-5-3-9-18(10-6-13)21(19,20)14-11-16-17(12-14)8-4-7-15/h11-13H,2-10,15H2,1H3. The molecule has 1 aromatic rings. The van der Waals surface area contributed by atoms with Crippen LogP contribution in [0.3, 0.4) is 0 Å². The van der Waals surface area contributed by atoms with Crippen molar-refractivity contribution in [2.24, 2.45) is 11.7 Å². The summed E-state index contributed by atoms with van der Waals surface area (Å²) < 4.78 is 28.6. The van der Waals surface area contributed by atoms with Crippen LogP contribution in [0.4, 0.5) is 0 Å². The normalized spacial score (nSPS) is 21.3. The maximum absolute atomic E-state index is 12.7. The molecule has 21 heavy (non-hydrogen) atoms. The van der Waals surface area contributed by atoms with Crippen LogP contribution >= 0.6 is 0 Å². The van der Waals surface area contributed by atoms with E-state index in [-0.39, 0.29) is 0 Å². The Kier molecular flexibility index (Phi) is 5.78. The SMILES string of the molecule is CCC1CCCN(S(=O)(=O)c2cnn(CCCN)c2)CC1. The van der Waals surface area contributed by atoms with Gasteiger partial charge in [0, 0.05) is 25.8 Å². The van der Waals surface area contributed by atoms with Crippen molar-refractivity contribution in [2.75, 3.05) is 19.6 Å². The Bertz CT molecular complexity index is 541. The number of aromatic nitrogens is 2. The highest BCUT2D eigenvalue weighted by Crippen LogP contribution is 2.24. The molecule has 7 heteroatoms. The van der Waals surface area contributed by atoms with E-state index < -0.39 is 10.0 Å². The monoisotopic (exact) mass is 314 g/mol. The van der Waals surface area contributed by atoms with Gasteiger partial charge in [-0.2, -0.15) is 9.40 Å². The topological polar surface area (TPSA) is 81.2 Å². The zero-order chi connectivity index (χ0) is 15.3. The second-order valence-corrected chi connectivity index (χ2v) is 7.63. The van der Waals surface area contributed by atoms with Crippen molar-refractivity contribution in [2.45, 2.75) is 50.5 Å². The number of rotatable bonds is 6. The van der Waals surface area contributed by atoms with Crippen LogP contribution in [0.25, 0.3) is 0 Å². The highest BCUT2D eigenvalue weighted by molar-refractivity contribution is 7.89. The maximum Gasteiger partial charge on any atom is 0.246 e. The summed E-state index contributed by atoms with van der Waals surface area (Å²) in [6.07, 6.45) is 8.02. The summed E-state index contributed by atoms with van der Waals surface area (Å²) >= 11 is 0. The van der Waals surface area contributed by atoms with Crippen molar-refractivity contribution >= 4 is 10.0 Å². The second kappa shape index (κ2) is 7.38. The van der Waals surface area contributed by atoms with Crippen LogP contribution in [0.2, 0.25) is 0 Å². The van der Waals surface area contributed by atoms with E-state index >= 15 is 0 Å². The highest BCUT2D eigenvalue weighted by Gasteiger charge is 2.28. The second-order valence-electron chi connectivity index (χ2n) is 5.69. The molecule has 0 aliphatic carbocycles. The minimum Gasteiger partial charge on any atom is -0.330 e. The smallest absolute Gasteiger partial charge is 0.246 e. The average molecular weight is 314 g/mol. The van der Waals surface area contributed by atoms with Gasteiger partial charge in [0.25, 0.3) is 0 Å². The molecule has 2 rings (SSSR count). The molecule has 0 saturated carbocycles. The average Bonchev–Trinajstić information content (AvgIpc) is 2.82. The molecule has 1 aromatic heterocycles. The predicted molar refractivity (Wildman–Crippen MR) is 82.3 cm³/mol. The number of hydrogen-bond donors (Lipinski definition) is 1. The zero-order valence-electron chi connectivity index (χ0n) is 12.7. The van der Waals surface area contributed by atoms with Crippen LogP contribution in [0.1, 0.15) is 39.0 Å². The van der Waals surface area contributed by atoms with Crippen molar-refractivity contribution in [1.82, 2.24) is 14.1 Å². The minimum atomic E-state index is -3.40. The number of nitrogens with zero attached hydrogens (tertiary/aromatic N) is 3. The summed E-state index contributed by atoms with van der Waals surface area (Å²) in [7, 11) is -3.40. The van der Waals surface area contributed by atoms with Crippen molar-refractivity contribution in [3.05, 3.63) is 12.4 Å². The largest absolute Gasteiger partial charge is 0.330 e. The van der Waals surface area contributed by atoms with Crippen molar-refractivity contribution in [3.8, 4) is 0 Å². The summed E-state index contributed by atoms with van der Waals surface area (Å²) in [5, 5.41) is 4.12. The fraction of sp³-hybridized carbons (Fsp3) is 0.786. The van der Waals surface area contributed by atoms with Crippen LogP contribution < -0.4 is 5.73 Å². The van der Waals surface area contributed by atoms with Crippen LogP contribution in [0, 0.1) is 5.92 Å². The maximum atomic E-state index is 12.7. The lowest BCUT2D eigenvalue weighted by atomic mass is 9.98. The molecule has 0 amide bonds. The first-order valence-electron chi connectivity index (χ1n) is 7.80. The third-order valence-corrected chi connectivity index (χ3v) is 6.07. The summed E-state index contributed by atoms with van der Waals surface area (Å²) in [5.41, 5.74) is 5.46. The Morgan fingerprint density at radius 3 is 2.90 bits per heavy atom. The number of nitrogens with two attached hydrogens (primary N) is 1. The van der Waals surface area contributed by atoms with Crippen LogP contribution in [-0.2, 0) is 16.6 Å². The molecule has 1 aliphatic heterocycles. The zero-order valence-corrected chi connectivity index (χ0v) is 13.6. The molecule has 0 bridgehead atoms. The van der Waals surface area contributed by atoms with E-state index in [1.807, 2.05) is 0 Å². The van der Waals surface area contributed by atoms with Gasteiger partial charge in [0.1, 0.15) is 4.90 Å². The molecule has 6 nitrogen and oxygen atoms in total. The molecule has 0 radical (unpaired) electrons. The van der Waals surface area contributed by atoms with Gasteiger partial charge in [0.05, 0.1) is 6.20 Å². The van der Waals surface area contributed by atoms with Gasteiger partial charge in [-0.05, 0) is 38.1 Å². The third-order valence-electron chi connectivity index (χ3n) is 4.22. The number of hydrogen-bond acceptors (Lipinski definition) is 4. The lowest BCUT2D eigenvalue weighted by Crippen LogP contribution is -2.31. The van der Waals surface area contributed by atoms with Gasteiger partial charge < -0.3 is 5.73 Å². The van der Waals surface area contributed by atoms with E-state index in [2.05, 4.69) is 12.0 Å². The number of aryl methyl sites for hydroxylation is 1. The summed E-state index contributed by atoms with van der Waals surface area (Å²) in [6, 6.07) is 0. The van der Waals surface area contributed by atoms with E-state index in [0.717, 1.165) is 32.1 Å². The summed E-state index contributed by atoms with van der Waals surface area (Å²) in [6.45, 7) is 4.65. The fourth-order valence-corrected chi connectivity index (χ4v) is 4.24. The van der Waals surface area contributed by atoms with E-state index in [9.17, 15) is 8.42 Å². The van der Waals surface area contributed by atoms with E-state index in [1.54, 1.807) is 15.2 Å². The molecule has 0 aromatic carbocycles. The van der Waals surface area contributed by atoms with Crippen LogP contribution in [0.15, 0.2) is 17.3 Å². The van der Waals surface area contributed by atoms with Crippen LogP contribution in [-0.4, -0.2) is 42.1 Å². The molecular weight excluding hydrogens is 288 g/mol. The van der Waals surface area contributed by atoms with Crippen molar-refractivity contribution in [1.29, 1.82) is 0 Å². The number of sulfonamides is 1. The van der Waals surface area contributed by atoms with Gasteiger partial charge in [-0.1, -0.05) is 13.3 Å². The minimum absolute atomic E-state index is 0.300. The van der Waals surface area contributed by atoms with Gasteiger partial charge in [-0.3, -0.25) is 4.68 Å². The fourth-order valence-electron chi connectivity index (χ4n) is 2.79. The van der Waals surface area contributed by atoms with Gasteiger partial charge in [-0.25, -0.2) is 8.42 Å². The van der Waals surface area contributed by atoms with Gasteiger partial charge in [0.2, 0.25) is 10.0 Å². The summed E-state index contributed by atoms with van der Waals surface area (Å²) in [4.78, 5) is 0.300. The molecule has 1 unspecified atom stereocenters. The van der Waals surface area contributed by atoms with E-state index in [1.165, 1.54) is 6.20 Å². The predicted octanol–water partition coefficient (Wildman–Crippen LogP) is 1.43. The Balaban J connectivity index is 2.08. The molecule has 2 heterocycles. The van der Waals surface area contributed by atoms with Crippen molar-refractivity contribution < 1.29 is 8.42 Å². The third kappa shape index (κ3) is 4.05. The summed E-state index contributed by atoms with van der Waals surface area (Å²) in [5.74, 6) is 0.650. The molecule has 1 aliphatic rings. The van der Waals surface area contributed by atoms with E-state index in [0.29, 0.717) is 37.0 Å². The lowest BCUT2D eigenvalue weighted by molar-refractivity contribution is 0.407. The van der Waals surface area contributed by atoms with Gasteiger partial charge >= 0.3 is 0 Å². The molecule has 1 fully saturated rings. The molecule has 0 spiro atoms. The van der Waals surface area contributed by atoms with Gasteiger partial charge in [0.15, 0.2) is 0 Å². The highest BCUT2D eigenvalue weighted by atomic mass is 32.2. The Labute approximate surface area is 127 Å². The Morgan fingerprint density at radius 1 is 1.38 bits per heavy atom. The molecule has 1 atom stereocenters. The van der Waals surface area contributed by atoms with Crippen LogP contribution in [0.5, 0.6) is 0 Å². The van der Waals surface area contributed by atoms with E-state index in [4.69, 9.17) is 5.73 Å². The molecule has 1 saturated heterocycles. The first-order valence-corrected chi connectivity index (χ1v) is 9.24. The first kappa shape index (κ1) is 16.5. The lowest BCUT2D eigenvalue weighted by Gasteiger charge is -2.19. The molecular formula is C14H26N4O2S. The quantitative estimate of drug-likeness (QED) is 0.861. The Hall–Kier alpha value is -0.920. The Morgan fingerprint density at radius 2 is 2.19 bits per heavy atom. The molecule has 2 N–H and O–H groups in total. The van der Waals surface area contributed by atoms with Crippen molar-refractivity contribution in [3.63, 3.8) is 0 Å². The molecule has 120 valence electrons. The first-order chi connectivity index (χ1) is 10.1.